The van der Waals surface area contributed by atoms with E-state index in [0.29, 0.717) is 6.54 Å². The molecule has 0 aliphatic heterocycles. The van der Waals surface area contributed by atoms with Gasteiger partial charge in [0, 0.05) is 21.2 Å². The molecule has 0 aliphatic rings. The highest BCUT2D eigenvalue weighted by Crippen LogP contribution is 2.23. The smallest absolute Gasteiger partial charge is 0.124 e. The molecule has 0 amide bonds. The lowest BCUT2D eigenvalue weighted by Gasteiger charge is -2.09. The Morgan fingerprint density at radius 2 is 1.83 bits per heavy atom. The van der Waals surface area contributed by atoms with Crippen LogP contribution in [0.5, 0.6) is 0 Å². The number of hydrogen-bond donors (Lipinski definition) is 1. The molecule has 2 rings (SSSR count). The zero-order chi connectivity index (χ0) is 13.1. The molecule has 0 heterocycles. The molecule has 0 unspecified atom stereocenters. The summed E-state index contributed by atoms with van der Waals surface area (Å²) in [5.41, 5.74) is 3.25. The van der Waals surface area contributed by atoms with Crippen LogP contribution >= 0.6 is 31.9 Å². The van der Waals surface area contributed by atoms with Gasteiger partial charge in [-0.1, -0.05) is 44.0 Å². The Labute approximate surface area is 123 Å². The van der Waals surface area contributed by atoms with E-state index < -0.39 is 0 Å². The van der Waals surface area contributed by atoms with Crippen LogP contribution in [0.3, 0.4) is 0 Å². The Bertz CT molecular complexity index is 570. The second kappa shape index (κ2) is 5.85. The van der Waals surface area contributed by atoms with Gasteiger partial charge in [0.05, 0.1) is 0 Å². The van der Waals surface area contributed by atoms with E-state index in [-0.39, 0.29) is 5.82 Å². The number of anilines is 1. The zero-order valence-electron chi connectivity index (χ0n) is 9.81. The maximum Gasteiger partial charge on any atom is 0.124 e. The maximum absolute atomic E-state index is 13.0. The van der Waals surface area contributed by atoms with Gasteiger partial charge in [0.15, 0.2) is 0 Å². The number of nitrogens with one attached hydrogen (secondary N) is 1. The summed E-state index contributed by atoms with van der Waals surface area (Å²) >= 11 is 6.85. The molecule has 2 aromatic rings. The first-order valence-electron chi connectivity index (χ1n) is 5.50. The van der Waals surface area contributed by atoms with Gasteiger partial charge in [-0.25, -0.2) is 4.39 Å². The first-order chi connectivity index (χ1) is 8.56. The van der Waals surface area contributed by atoms with Gasteiger partial charge in [-0.2, -0.15) is 0 Å². The van der Waals surface area contributed by atoms with Gasteiger partial charge in [0.1, 0.15) is 5.82 Å². The van der Waals surface area contributed by atoms with Crippen LogP contribution in [0.4, 0.5) is 10.1 Å². The molecule has 0 aliphatic carbocycles. The van der Waals surface area contributed by atoms with Crippen LogP contribution in [0.1, 0.15) is 11.1 Å². The average Bonchev–Trinajstić information content (AvgIpc) is 2.32. The molecule has 1 N–H and O–H groups in total. The highest BCUT2D eigenvalue weighted by atomic mass is 79.9. The molecular formula is C14H12Br2FN. The summed E-state index contributed by atoms with van der Waals surface area (Å²) in [6.07, 6.45) is 0. The van der Waals surface area contributed by atoms with Crippen molar-refractivity contribution in [1.29, 1.82) is 0 Å². The third-order valence-corrected chi connectivity index (χ3v) is 4.26. The first kappa shape index (κ1) is 13.6. The summed E-state index contributed by atoms with van der Waals surface area (Å²) in [6.45, 7) is 2.70. The standard InChI is InChI=1S/C14H12Br2FN/c1-9-2-5-12(7-13(9)15)18-8-10-3-4-11(17)6-14(10)16/h2-7,18H,8H2,1H3. The zero-order valence-corrected chi connectivity index (χ0v) is 13.0. The van der Waals surface area contributed by atoms with Crippen molar-refractivity contribution in [2.75, 3.05) is 5.32 Å². The third-order valence-electron chi connectivity index (χ3n) is 2.67. The van der Waals surface area contributed by atoms with E-state index in [2.05, 4.69) is 37.2 Å². The van der Waals surface area contributed by atoms with E-state index in [1.807, 2.05) is 25.1 Å². The van der Waals surface area contributed by atoms with Crippen molar-refractivity contribution in [1.82, 2.24) is 0 Å². The van der Waals surface area contributed by atoms with E-state index in [9.17, 15) is 4.39 Å². The molecule has 0 fully saturated rings. The number of aryl methyl sites for hydroxylation is 1. The van der Waals surface area contributed by atoms with Crippen LogP contribution in [0.2, 0.25) is 0 Å². The molecule has 4 heteroatoms. The maximum atomic E-state index is 13.0. The molecule has 2 aromatic carbocycles. The minimum Gasteiger partial charge on any atom is -0.381 e. The SMILES string of the molecule is Cc1ccc(NCc2ccc(F)cc2Br)cc1Br. The van der Waals surface area contributed by atoms with Gasteiger partial charge in [-0.3, -0.25) is 0 Å². The number of benzene rings is 2. The van der Waals surface area contributed by atoms with Crippen LogP contribution in [-0.2, 0) is 6.54 Å². The van der Waals surface area contributed by atoms with Crippen LogP contribution < -0.4 is 5.32 Å². The summed E-state index contributed by atoms with van der Waals surface area (Å²) in [5.74, 6) is -0.233. The normalized spacial score (nSPS) is 10.4. The van der Waals surface area contributed by atoms with Crippen molar-refractivity contribution in [2.45, 2.75) is 13.5 Å². The largest absolute Gasteiger partial charge is 0.381 e. The molecule has 1 nitrogen and oxygen atoms in total. The Hall–Kier alpha value is -0.870. The number of halogens is 3. The number of rotatable bonds is 3. The lowest BCUT2D eigenvalue weighted by Crippen LogP contribution is -2.00. The van der Waals surface area contributed by atoms with Crippen molar-refractivity contribution in [3.8, 4) is 0 Å². The van der Waals surface area contributed by atoms with Crippen molar-refractivity contribution in [3.05, 3.63) is 62.3 Å². The Kier molecular flexibility index (Phi) is 4.40. The molecule has 0 saturated heterocycles. The molecule has 0 aromatic heterocycles. The number of hydrogen-bond acceptors (Lipinski definition) is 1. The Balaban J connectivity index is 2.09. The summed E-state index contributed by atoms with van der Waals surface area (Å²) < 4.78 is 14.8. The monoisotopic (exact) mass is 371 g/mol. The van der Waals surface area contributed by atoms with Gasteiger partial charge in [-0.15, -0.1) is 0 Å². The van der Waals surface area contributed by atoms with Crippen molar-refractivity contribution in [2.24, 2.45) is 0 Å². The van der Waals surface area contributed by atoms with E-state index in [1.54, 1.807) is 6.07 Å². The van der Waals surface area contributed by atoms with Gasteiger partial charge in [0.25, 0.3) is 0 Å². The topological polar surface area (TPSA) is 12.0 Å². The summed E-state index contributed by atoms with van der Waals surface area (Å²) in [7, 11) is 0. The predicted molar refractivity (Wildman–Crippen MR) is 80.3 cm³/mol. The fraction of sp³-hybridized carbons (Fsp3) is 0.143. The van der Waals surface area contributed by atoms with Crippen LogP contribution in [-0.4, -0.2) is 0 Å². The minimum absolute atomic E-state index is 0.233. The van der Waals surface area contributed by atoms with E-state index in [1.165, 1.54) is 17.7 Å². The van der Waals surface area contributed by atoms with Crippen molar-refractivity contribution < 1.29 is 4.39 Å². The quantitative estimate of drug-likeness (QED) is 0.773. The molecule has 0 atom stereocenters. The van der Waals surface area contributed by atoms with Gasteiger partial charge in [-0.05, 0) is 42.3 Å². The highest BCUT2D eigenvalue weighted by molar-refractivity contribution is 9.10. The van der Waals surface area contributed by atoms with Crippen LogP contribution in [0.25, 0.3) is 0 Å². The molecular weight excluding hydrogens is 361 g/mol. The van der Waals surface area contributed by atoms with Crippen molar-refractivity contribution in [3.63, 3.8) is 0 Å². The highest BCUT2D eigenvalue weighted by Gasteiger charge is 2.02. The van der Waals surface area contributed by atoms with Crippen molar-refractivity contribution >= 4 is 37.5 Å². The lowest BCUT2D eigenvalue weighted by molar-refractivity contribution is 0.626. The Morgan fingerprint density at radius 1 is 1.06 bits per heavy atom. The second-order valence-corrected chi connectivity index (χ2v) is 5.76. The summed E-state index contributed by atoms with van der Waals surface area (Å²) in [4.78, 5) is 0. The van der Waals surface area contributed by atoms with Crippen LogP contribution in [0.15, 0.2) is 45.3 Å². The van der Waals surface area contributed by atoms with E-state index in [0.717, 1.165) is 20.2 Å². The van der Waals surface area contributed by atoms with E-state index >= 15 is 0 Å². The van der Waals surface area contributed by atoms with Crippen LogP contribution in [0, 0.1) is 12.7 Å². The first-order valence-corrected chi connectivity index (χ1v) is 7.09. The molecule has 0 saturated carbocycles. The fourth-order valence-corrected chi connectivity index (χ4v) is 2.43. The van der Waals surface area contributed by atoms with Gasteiger partial charge in [0.2, 0.25) is 0 Å². The molecule has 0 bridgehead atoms. The predicted octanol–water partition coefficient (Wildman–Crippen LogP) is 5.27. The summed E-state index contributed by atoms with van der Waals surface area (Å²) in [5, 5.41) is 3.31. The average molecular weight is 373 g/mol. The minimum atomic E-state index is -0.233. The molecule has 18 heavy (non-hydrogen) atoms. The third kappa shape index (κ3) is 3.33. The van der Waals surface area contributed by atoms with Gasteiger partial charge >= 0.3 is 0 Å². The lowest BCUT2D eigenvalue weighted by atomic mass is 10.2. The molecule has 0 radical (unpaired) electrons. The second-order valence-electron chi connectivity index (χ2n) is 4.05. The molecule has 0 spiro atoms. The molecule has 94 valence electrons. The van der Waals surface area contributed by atoms with Gasteiger partial charge < -0.3 is 5.32 Å². The summed E-state index contributed by atoms with van der Waals surface area (Å²) in [6, 6.07) is 10.8. The fourth-order valence-electron chi connectivity index (χ4n) is 1.57. The van der Waals surface area contributed by atoms with E-state index in [4.69, 9.17) is 0 Å². The Morgan fingerprint density at radius 3 is 2.50 bits per heavy atom.